The molecule has 38 heavy (non-hydrogen) atoms. The normalized spacial score (nSPS) is 17.9. The predicted molar refractivity (Wildman–Crippen MR) is 148 cm³/mol. The number of likely N-dealkylation sites (tertiary alicyclic amines) is 1. The minimum absolute atomic E-state index is 0.0882. The number of nitrogens with one attached hydrogen (secondary N) is 3. The molecular weight excluding hydrogens is 479 g/mol. The molecule has 0 spiro atoms. The molecule has 1 fully saturated rings. The number of hydrogen-bond donors (Lipinski definition) is 3. The molecule has 2 aliphatic heterocycles. The van der Waals surface area contributed by atoms with Crippen LogP contribution in [0.1, 0.15) is 65.0 Å². The number of aromatic amines is 1. The second kappa shape index (κ2) is 10.6. The maximum absolute atomic E-state index is 14.1. The Balaban J connectivity index is 1.34. The average Bonchev–Trinajstić information content (AvgIpc) is 3.64. The SMILES string of the molecule is O=C1Nc2cccc(-c3cccc(F)c3)c2/C1=C/c1[nH]c2c(c1C(=O)NCCCN1CCCC1)CCCC2. The molecule has 6 rings (SSSR count). The van der Waals surface area contributed by atoms with Gasteiger partial charge in [0.2, 0.25) is 0 Å². The minimum atomic E-state index is -0.330. The summed E-state index contributed by atoms with van der Waals surface area (Å²) in [7, 11) is 0. The number of rotatable bonds is 7. The molecule has 196 valence electrons. The van der Waals surface area contributed by atoms with E-state index >= 15 is 0 Å². The zero-order valence-corrected chi connectivity index (χ0v) is 21.5. The van der Waals surface area contributed by atoms with E-state index in [1.54, 1.807) is 12.1 Å². The van der Waals surface area contributed by atoms with Gasteiger partial charge in [0, 0.05) is 23.5 Å². The Labute approximate surface area is 222 Å². The van der Waals surface area contributed by atoms with Crippen molar-refractivity contribution in [2.75, 3.05) is 31.5 Å². The number of nitrogens with zero attached hydrogens (tertiary/aromatic N) is 1. The molecule has 2 amide bonds. The highest BCUT2D eigenvalue weighted by Crippen LogP contribution is 2.41. The van der Waals surface area contributed by atoms with Crippen molar-refractivity contribution < 1.29 is 14.0 Å². The van der Waals surface area contributed by atoms with E-state index in [0.29, 0.717) is 34.6 Å². The highest BCUT2D eigenvalue weighted by molar-refractivity contribution is 6.36. The number of fused-ring (bicyclic) bond motifs is 2. The lowest BCUT2D eigenvalue weighted by Crippen LogP contribution is -2.29. The zero-order chi connectivity index (χ0) is 26.1. The Morgan fingerprint density at radius 2 is 1.87 bits per heavy atom. The van der Waals surface area contributed by atoms with Crippen LogP contribution < -0.4 is 10.6 Å². The number of halogens is 1. The molecular formula is C31H33FN4O2. The van der Waals surface area contributed by atoms with E-state index < -0.39 is 0 Å². The van der Waals surface area contributed by atoms with Gasteiger partial charge in [-0.1, -0.05) is 24.3 Å². The first-order chi connectivity index (χ1) is 18.6. The Morgan fingerprint density at radius 3 is 2.71 bits per heavy atom. The van der Waals surface area contributed by atoms with E-state index in [2.05, 4.69) is 20.5 Å². The Bertz CT molecular complexity index is 1420. The van der Waals surface area contributed by atoms with Gasteiger partial charge in [-0.2, -0.15) is 0 Å². The quantitative estimate of drug-likeness (QED) is 0.293. The van der Waals surface area contributed by atoms with Crippen molar-refractivity contribution in [3.63, 3.8) is 0 Å². The van der Waals surface area contributed by atoms with E-state index in [1.165, 1.54) is 25.0 Å². The van der Waals surface area contributed by atoms with Gasteiger partial charge in [0.05, 0.1) is 16.8 Å². The van der Waals surface area contributed by atoms with Crippen LogP contribution in [-0.2, 0) is 17.6 Å². The Hall–Kier alpha value is -3.71. The molecule has 0 radical (unpaired) electrons. The monoisotopic (exact) mass is 512 g/mol. The van der Waals surface area contributed by atoms with E-state index in [-0.39, 0.29) is 17.6 Å². The summed E-state index contributed by atoms with van der Waals surface area (Å²) in [6, 6.07) is 12.0. The first-order valence-corrected chi connectivity index (χ1v) is 13.7. The van der Waals surface area contributed by atoms with Gasteiger partial charge in [0.25, 0.3) is 11.8 Å². The average molecular weight is 513 g/mol. The molecule has 7 heteroatoms. The molecule has 3 aromatic rings. The van der Waals surface area contributed by atoms with Crippen LogP contribution in [0.25, 0.3) is 22.8 Å². The molecule has 3 aliphatic rings. The van der Waals surface area contributed by atoms with Crippen molar-refractivity contribution in [3.05, 3.63) is 76.4 Å². The molecule has 0 unspecified atom stereocenters. The van der Waals surface area contributed by atoms with Gasteiger partial charge in [0.1, 0.15) is 5.82 Å². The highest BCUT2D eigenvalue weighted by Gasteiger charge is 2.30. The van der Waals surface area contributed by atoms with E-state index in [9.17, 15) is 14.0 Å². The first-order valence-electron chi connectivity index (χ1n) is 13.7. The van der Waals surface area contributed by atoms with Crippen molar-refractivity contribution in [1.82, 2.24) is 15.2 Å². The van der Waals surface area contributed by atoms with Crippen molar-refractivity contribution in [3.8, 4) is 11.1 Å². The van der Waals surface area contributed by atoms with Gasteiger partial charge in [-0.25, -0.2) is 4.39 Å². The lowest BCUT2D eigenvalue weighted by Gasteiger charge is -2.15. The summed E-state index contributed by atoms with van der Waals surface area (Å²) in [5, 5.41) is 6.09. The number of carbonyl (C=O) groups is 2. The Kier molecular flexibility index (Phi) is 6.85. The standard InChI is InChI=1S/C31H33FN4O2/c32-21-9-5-8-20(18-21)22-11-6-13-26-28(22)24(30(37)35-26)19-27-29(23-10-1-2-12-25(23)34-27)31(38)33-14-7-17-36-15-3-4-16-36/h5-6,8-9,11,13,18-19,34H,1-4,7,10,12,14-17H2,(H,33,38)(H,35,37)/b24-19-. The second-order valence-corrected chi connectivity index (χ2v) is 10.5. The minimum Gasteiger partial charge on any atom is -0.358 e. The maximum Gasteiger partial charge on any atom is 0.256 e. The molecule has 1 aromatic heterocycles. The lowest BCUT2D eigenvalue weighted by atomic mass is 9.92. The molecule has 0 saturated carbocycles. The smallest absolute Gasteiger partial charge is 0.256 e. The summed E-state index contributed by atoms with van der Waals surface area (Å²) in [6.45, 7) is 3.93. The van der Waals surface area contributed by atoms with Crippen LogP contribution in [0.2, 0.25) is 0 Å². The fourth-order valence-electron chi connectivity index (χ4n) is 6.10. The van der Waals surface area contributed by atoms with Crippen LogP contribution in [-0.4, -0.2) is 47.9 Å². The summed E-state index contributed by atoms with van der Waals surface area (Å²) in [5.41, 5.74) is 6.83. The largest absolute Gasteiger partial charge is 0.358 e. The molecule has 6 nitrogen and oxygen atoms in total. The fraction of sp³-hybridized carbons (Fsp3) is 0.355. The number of hydrogen-bond acceptors (Lipinski definition) is 3. The van der Waals surface area contributed by atoms with Gasteiger partial charge in [0.15, 0.2) is 0 Å². The summed E-state index contributed by atoms with van der Waals surface area (Å²) in [4.78, 5) is 32.6. The molecule has 1 aliphatic carbocycles. The van der Waals surface area contributed by atoms with E-state index in [1.807, 2.05) is 24.3 Å². The zero-order valence-electron chi connectivity index (χ0n) is 21.5. The highest BCUT2D eigenvalue weighted by atomic mass is 19.1. The topological polar surface area (TPSA) is 77.2 Å². The van der Waals surface area contributed by atoms with Gasteiger partial charge in [-0.3, -0.25) is 9.59 Å². The van der Waals surface area contributed by atoms with Crippen molar-refractivity contribution in [2.45, 2.75) is 44.9 Å². The van der Waals surface area contributed by atoms with Gasteiger partial charge < -0.3 is 20.5 Å². The lowest BCUT2D eigenvalue weighted by molar-refractivity contribution is -0.110. The van der Waals surface area contributed by atoms with Crippen molar-refractivity contribution in [2.24, 2.45) is 0 Å². The van der Waals surface area contributed by atoms with E-state index in [4.69, 9.17) is 0 Å². The molecule has 0 bridgehead atoms. The van der Waals surface area contributed by atoms with Crippen LogP contribution >= 0.6 is 0 Å². The molecule has 2 aromatic carbocycles. The molecule has 3 heterocycles. The number of carbonyl (C=O) groups excluding carboxylic acids is 2. The third kappa shape index (κ3) is 4.78. The summed E-state index contributed by atoms with van der Waals surface area (Å²) >= 11 is 0. The second-order valence-electron chi connectivity index (χ2n) is 10.5. The Morgan fingerprint density at radius 1 is 1.05 bits per heavy atom. The van der Waals surface area contributed by atoms with Gasteiger partial charge >= 0.3 is 0 Å². The number of anilines is 1. The van der Waals surface area contributed by atoms with Crippen LogP contribution in [0.4, 0.5) is 10.1 Å². The summed E-state index contributed by atoms with van der Waals surface area (Å²) in [6.07, 6.45) is 9.11. The third-order valence-electron chi connectivity index (χ3n) is 7.94. The number of benzene rings is 2. The van der Waals surface area contributed by atoms with Crippen LogP contribution in [0.15, 0.2) is 42.5 Å². The van der Waals surface area contributed by atoms with Gasteiger partial charge in [-0.15, -0.1) is 0 Å². The van der Waals surface area contributed by atoms with Crippen molar-refractivity contribution >= 4 is 29.2 Å². The summed E-state index contributed by atoms with van der Waals surface area (Å²) < 4.78 is 14.1. The van der Waals surface area contributed by atoms with Crippen LogP contribution in [0, 0.1) is 5.82 Å². The molecule has 0 atom stereocenters. The molecule has 3 N–H and O–H groups in total. The van der Waals surface area contributed by atoms with E-state index in [0.717, 1.165) is 74.1 Å². The first kappa shape index (κ1) is 24.6. The number of aryl methyl sites for hydroxylation is 1. The van der Waals surface area contributed by atoms with Gasteiger partial charge in [-0.05, 0) is 106 Å². The van der Waals surface area contributed by atoms with Crippen molar-refractivity contribution in [1.29, 1.82) is 0 Å². The number of aromatic nitrogens is 1. The predicted octanol–water partition coefficient (Wildman–Crippen LogP) is 5.41. The number of amides is 2. The van der Waals surface area contributed by atoms with Crippen LogP contribution in [0.5, 0.6) is 0 Å². The summed E-state index contributed by atoms with van der Waals surface area (Å²) in [5.74, 6) is -0.647. The third-order valence-corrected chi connectivity index (χ3v) is 7.94. The number of H-pyrrole nitrogens is 1. The fourth-order valence-corrected chi connectivity index (χ4v) is 6.10. The maximum atomic E-state index is 14.1. The molecule has 1 saturated heterocycles. The van der Waals surface area contributed by atoms with Crippen LogP contribution in [0.3, 0.4) is 0 Å².